The van der Waals surface area contributed by atoms with Crippen LogP contribution in [0.4, 0.5) is 0 Å². The molecule has 2 atom stereocenters. The number of hydrogen-bond donors (Lipinski definition) is 2. The van der Waals surface area contributed by atoms with Crippen molar-refractivity contribution in [2.45, 2.75) is 52.6 Å². The van der Waals surface area contributed by atoms with Gasteiger partial charge >= 0.3 is 0 Å². The van der Waals surface area contributed by atoms with E-state index in [4.69, 9.17) is 5.73 Å². The van der Waals surface area contributed by atoms with E-state index in [1.807, 2.05) is 13.8 Å². The number of nitrogens with one attached hydrogen (secondary N) is 1. The van der Waals surface area contributed by atoms with E-state index < -0.39 is 0 Å². The zero-order chi connectivity index (χ0) is 14.4. The van der Waals surface area contributed by atoms with Gasteiger partial charge in [0, 0.05) is 6.04 Å². The SMILES string of the molecule is Cc1cccc(CCC(C)NC(C(N)=O)C(C)C)c1. The lowest BCUT2D eigenvalue weighted by Gasteiger charge is -2.23. The van der Waals surface area contributed by atoms with E-state index in [0.29, 0.717) is 0 Å². The van der Waals surface area contributed by atoms with Crippen molar-refractivity contribution >= 4 is 5.91 Å². The van der Waals surface area contributed by atoms with Crippen LogP contribution in [0, 0.1) is 12.8 Å². The van der Waals surface area contributed by atoms with Crippen molar-refractivity contribution < 1.29 is 4.79 Å². The van der Waals surface area contributed by atoms with Gasteiger partial charge in [-0.15, -0.1) is 0 Å². The Morgan fingerprint density at radius 3 is 2.53 bits per heavy atom. The molecule has 3 heteroatoms. The molecule has 1 aromatic rings. The molecule has 3 N–H and O–H groups in total. The molecule has 0 spiro atoms. The van der Waals surface area contributed by atoms with Gasteiger partial charge in [0.25, 0.3) is 0 Å². The minimum Gasteiger partial charge on any atom is -0.368 e. The zero-order valence-electron chi connectivity index (χ0n) is 12.4. The molecule has 0 aliphatic rings. The summed E-state index contributed by atoms with van der Waals surface area (Å²) in [5.74, 6) is -0.0451. The predicted octanol–water partition coefficient (Wildman–Crippen LogP) is 2.42. The van der Waals surface area contributed by atoms with Gasteiger partial charge in [-0.1, -0.05) is 43.7 Å². The molecule has 1 aromatic carbocycles. The van der Waals surface area contributed by atoms with E-state index in [9.17, 15) is 4.79 Å². The number of amides is 1. The number of carbonyl (C=O) groups is 1. The maximum atomic E-state index is 11.4. The molecule has 1 amide bonds. The Hall–Kier alpha value is -1.35. The summed E-state index contributed by atoms with van der Waals surface area (Å²) in [6.45, 7) is 8.23. The van der Waals surface area contributed by atoms with Gasteiger partial charge in [-0.3, -0.25) is 4.79 Å². The van der Waals surface area contributed by atoms with E-state index >= 15 is 0 Å². The first kappa shape index (κ1) is 15.7. The molecule has 2 unspecified atom stereocenters. The lowest BCUT2D eigenvalue weighted by molar-refractivity contribution is -0.121. The number of nitrogens with two attached hydrogens (primary N) is 1. The molecule has 106 valence electrons. The molecule has 0 radical (unpaired) electrons. The molecule has 0 saturated carbocycles. The average Bonchev–Trinajstić information content (AvgIpc) is 2.32. The number of benzene rings is 1. The van der Waals surface area contributed by atoms with Crippen LogP contribution in [0.1, 0.15) is 38.3 Å². The Morgan fingerprint density at radius 2 is 2.00 bits per heavy atom. The third-order valence-corrected chi connectivity index (χ3v) is 3.39. The topological polar surface area (TPSA) is 55.1 Å². The highest BCUT2D eigenvalue weighted by molar-refractivity contribution is 5.80. The highest BCUT2D eigenvalue weighted by Gasteiger charge is 2.20. The molecule has 0 aliphatic carbocycles. The number of primary amides is 1. The van der Waals surface area contributed by atoms with Gasteiger partial charge < -0.3 is 11.1 Å². The second-order valence-electron chi connectivity index (χ2n) is 5.72. The highest BCUT2D eigenvalue weighted by Crippen LogP contribution is 2.09. The molecule has 0 aromatic heterocycles. The molecule has 0 fully saturated rings. The molecule has 0 saturated heterocycles. The van der Waals surface area contributed by atoms with Crippen LogP contribution in [0.15, 0.2) is 24.3 Å². The van der Waals surface area contributed by atoms with Crippen LogP contribution < -0.4 is 11.1 Å². The summed E-state index contributed by atoms with van der Waals surface area (Å²) in [6, 6.07) is 8.58. The minimum atomic E-state index is -0.266. The van der Waals surface area contributed by atoms with Crippen LogP contribution in [-0.4, -0.2) is 18.0 Å². The Labute approximate surface area is 116 Å². The normalized spacial score (nSPS) is 14.4. The lowest BCUT2D eigenvalue weighted by Crippen LogP contribution is -2.48. The summed E-state index contributed by atoms with van der Waals surface area (Å²) in [5, 5.41) is 3.33. The van der Waals surface area contributed by atoms with E-state index in [1.54, 1.807) is 0 Å². The van der Waals surface area contributed by atoms with Gasteiger partial charge in [0.2, 0.25) is 5.91 Å². The van der Waals surface area contributed by atoms with Crippen molar-refractivity contribution in [2.24, 2.45) is 11.7 Å². The molecule has 0 aliphatic heterocycles. The summed E-state index contributed by atoms with van der Waals surface area (Å²) in [6.07, 6.45) is 2.01. The van der Waals surface area contributed by atoms with Crippen molar-refractivity contribution in [1.82, 2.24) is 5.32 Å². The van der Waals surface area contributed by atoms with Crippen LogP contribution >= 0.6 is 0 Å². The van der Waals surface area contributed by atoms with Crippen LogP contribution in [0.5, 0.6) is 0 Å². The molecule has 0 heterocycles. The molecule has 3 nitrogen and oxygen atoms in total. The van der Waals surface area contributed by atoms with Crippen LogP contribution in [-0.2, 0) is 11.2 Å². The van der Waals surface area contributed by atoms with Crippen molar-refractivity contribution in [3.63, 3.8) is 0 Å². The summed E-state index contributed by atoms with van der Waals surface area (Å²) in [5.41, 5.74) is 8.04. The van der Waals surface area contributed by atoms with E-state index in [0.717, 1.165) is 12.8 Å². The Balaban J connectivity index is 2.47. The zero-order valence-corrected chi connectivity index (χ0v) is 12.4. The first-order valence-corrected chi connectivity index (χ1v) is 7.01. The molecule has 1 rings (SSSR count). The summed E-state index contributed by atoms with van der Waals surface area (Å²) < 4.78 is 0. The second kappa shape index (κ2) is 7.29. The first-order chi connectivity index (χ1) is 8.90. The molecular formula is C16H26N2O. The van der Waals surface area contributed by atoms with E-state index in [-0.39, 0.29) is 23.9 Å². The third kappa shape index (κ3) is 5.43. The maximum Gasteiger partial charge on any atom is 0.234 e. The van der Waals surface area contributed by atoms with Crippen LogP contribution in [0.2, 0.25) is 0 Å². The Bertz CT molecular complexity index is 415. The second-order valence-corrected chi connectivity index (χ2v) is 5.72. The van der Waals surface area contributed by atoms with E-state index in [1.165, 1.54) is 11.1 Å². The fraction of sp³-hybridized carbons (Fsp3) is 0.562. The van der Waals surface area contributed by atoms with Crippen molar-refractivity contribution in [3.05, 3.63) is 35.4 Å². The Kier molecular flexibility index (Phi) is 6.03. The predicted molar refractivity (Wildman–Crippen MR) is 79.9 cm³/mol. The first-order valence-electron chi connectivity index (χ1n) is 7.01. The monoisotopic (exact) mass is 262 g/mol. The largest absolute Gasteiger partial charge is 0.368 e. The van der Waals surface area contributed by atoms with Gasteiger partial charge in [-0.2, -0.15) is 0 Å². The van der Waals surface area contributed by atoms with Gasteiger partial charge in [-0.05, 0) is 38.2 Å². The summed E-state index contributed by atoms with van der Waals surface area (Å²) in [7, 11) is 0. The fourth-order valence-corrected chi connectivity index (χ4v) is 2.24. The molecule has 0 bridgehead atoms. The van der Waals surface area contributed by atoms with Crippen molar-refractivity contribution in [2.75, 3.05) is 0 Å². The van der Waals surface area contributed by atoms with Crippen molar-refractivity contribution in [3.8, 4) is 0 Å². The summed E-state index contributed by atoms with van der Waals surface area (Å²) >= 11 is 0. The van der Waals surface area contributed by atoms with Gasteiger partial charge in [0.05, 0.1) is 6.04 Å². The van der Waals surface area contributed by atoms with Gasteiger partial charge in [0.1, 0.15) is 0 Å². The lowest BCUT2D eigenvalue weighted by atomic mass is 10.00. The number of hydrogen-bond acceptors (Lipinski definition) is 2. The standard InChI is InChI=1S/C16H26N2O/c1-11(2)15(16(17)19)18-13(4)8-9-14-7-5-6-12(3)10-14/h5-7,10-11,13,15,18H,8-9H2,1-4H3,(H2,17,19). The number of rotatable bonds is 7. The summed E-state index contributed by atoms with van der Waals surface area (Å²) in [4.78, 5) is 11.4. The average molecular weight is 262 g/mol. The van der Waals surface area contributed by atoms with Gasteiger partial charge in [0.15, 0.2) is 0 Å². The van der Waals surface area contributed by atoms with Crippen LogP contribution in [0.25, 0.3) is 0 Å². The number of aryl methyl sites for hydroxylation is 2. The fourth-order valence-electron chi connectivity index (χ4n) is 2.24. The van der Waals surface area contributed by atoms with Crippen LogP contribution in [0.3, 0.4) is 0 Å². The Morgan fingerprint density at radius 1 is 1.32 bits per heavy atom. The van der Waals surface area contributed by atoms with E-state index in [2.05, 4.69) is 43.4 Å². The smallest absolute Gasteiger partial charge is 0.234 e. The highest BCUT2D eigenvalue weighted by atomic mass is 16.1. The van der Waals surface area contributed by atoms with Crippen molar-refractivity contribution in [1.29, 1.82) is 0 Å². The maximum absolute atomic E-state index is 11.4. The van der Waals surface area contributed by atoms with Gasteiger partial charge in [-0.25, -0.2) is 0 Å². The minimum absolute atomic E-state index is 0.221. The third-order valence-electron chi connectivity index (χ3n) is 3.39. The quantitative estimate of drug-likeness (QED) is 0.793. The number of carbonyl (C=O) groups excluding carboxylic acids is 1. The molecule has 19 heavy (non-hydrogen) atoms. The molecular weight excluding hydrogens is 236 g/mol.